The molecule has 0 aliphatic carbocycles. The van der Waals surface area contributed by atoms with Crippen LogP contribution in [0.5, 0.6) is 5.75 Å². The van der Waals surface area contributed by atoms with Gasteiger partial charge in [0.05, 0.1) is 35.7 Å². The van der Waals surface area contributed by atoms with Crippen LogP contribution < -0.4 is 10.1 Å². The van der Waals surface area contributed by atoms with Gasteiger partial charge in [-0.05, 0) is 42.3 Å². The summed E-state index contributed by atoms with van der Waals surface area (Å²) in [6.07, 6.45) is -2.41. The summed E-state index contributed by atoms with van der Waals surface area (Å²) < 4.78 is 51.4. The Bertz CT molecular complexity index is 1190. The number of ether oxygens (including phenoxy) is 2. The minimum Gasteiger partial charge on any atom is -0.492 e. The highest BCUT2D eigenvalue weighted by molar-refractivity contribution is 6.33. The number of alkyl halides is 3. The van der Waals surface area contributed by atoms with Crippen molar-refractivity contribution in [3.63, 3.8) is 0 Å². The van der Waals surface area contributed by atoms with Gasteiger partial charge in [0.2, 0.25) is 5.91 Å². The first kappa shape index (κ1) is 27.0. The average Bonchev–Trinajstić information content (AvgIpc) is 3.21. The lowest BCUT2D eigenvalue weighted by Gasteiger charge is -2.26. The van der Waals surface area contributed by atoms with Gasteiger partial charge in [-0.3, -0.25) is 14.4 Å². The van der Waals surface area contributed by atoms with Crippen LogP contribution in [0.3, 0.4) is 0 Å². The summed E-state index contributed by atoms with van der Waals surface area (Å²) in [6.45, 7) is 4.38. The Kier molecular flexibility index (Phi) is 8.73. The lowest BCUT2D eigenvalue weighted by atomic mass is 10.1. The maximum Gasteiger partial charge on any atom is 0.416 e. The van der Waals surface area contributed by atoms with Crippen molar-refractivity contribution in [2.45, 2.75) is 19.0 Å². The molecule has 1 fully saturated rings. The first-order chi connectivity index (χ1) is 17.7. The number of benzene rings is 2. The number of rotatable bonds is 9. The summed E-state index contributed by atoms with van der Waals surface area (Å²) >= 11 is 6.40. The molecule has 0 bridgehead atoms. The van der Waals surface area contributed by atoms with Gasteiger partial charge in [-0.15, -0.1) is 0 Å². The van der Waals surface area contributed by atoms with Crippen molar-refractivity contribution in [1.82, 2.24) is 14.7 Å². The van der Waals surface area contributed by atoms with E-state index in [1.54, 1.807) is 36.1 Å². The minimum atomic E-state index is -4.39. The molecule has 7 nitrogen and oxygen atoms in total. The van der Waals surface area contributed by atoms with E-state index >= 15 is 0 Å². The second-order valence-electron chi connectivity index (χ2n) is 8.72. The third kappa shape index (κ3) is 7.24. The molecule has 37 heavy (non-hydrogen) atoms. The van der Waals surface area contributed by atoms with Crippen molar-refractivity contribution in [1.29, 1.82) is 0 Å². The summed E-state index contributed by atoms with van der Waals surface area (Å²) in [5.74, 6) is 0.351. The maximum atomic E-state index is 12.7. The number of nitrogens with zero attached hydrogens (tertiary/aromatic N) is 3. The zero-order valence-electron chi connectivity index (χ0n) is 20.4. The number of hydrogen-bond acceptors (Lipinski definition) is 5. The van der Waals surface area contributed by atoms with Gasteiger partial charge in [-0.1, -0.05) is 23.7 Å². The van der Waals surface area contributed by atoms with Crippen molar-refractivity contribution in [2.75, 3.05) is 44.8 Å². The zero-order valence-corrected chi connectivity index (χ0v) is 21.1. The number of morpholine rings is 1. The number of anilines is 1. The number of carbonyl (C=O) groups is 1. The summed E-state index contributed by atoms with van der Waals surface area (Å²) in [5, 5.41) is 7.52. The van der Waals surface area contributed by atoms with Gasteiger partial charge in [0, 0.05) is 44.4 Å². The van der Waals surface area contributed by atoms with E-state index in [1.807, 2.05) is 0 Å². The molecule has 1 aromatic heterocycles. The van der Waals surface area contributed by atoms with E-state index < -0.39 is 11.7 Å². The number of halogens is 4. The molecule has 2 aromatic carbocycles. The van der Waals surface area contributed by atoms with Crippen LogP contribution in [0.2, 0.25) is 5.02 Å². The molecule has 1 N–H and O–H groups in total. The molecule has 3 aromatic rings. The Morgan fingerprint density at radius 3 is 2.54 bits per heavy atom. The second kappa shape index (κ2) is 12.0. The van der Waals surface area contributed by atoms with Gasteiger partial charge in [0.25, 0.3) is 0 Å². The van der Waals surface area contributed by atoms with Gasteiger partial charge in [0.1, 0.15) is 12.4 Å². The molecule has 4 rings (SSSR count). The molecule has 0 atom stereocenters. The smallest absolute Gasteiger partial charge is 0.416 e. The van der Waals surface area contributed by atoms with Crippen LogP contribution in [0, 0.1) is 0 Å². The highest BCUT2D eigenvalue weighted by Crippen LogP contribution is 2.36. The van der Waals surface area contributed by atoms with Crippen LogP contribution >= 0.6 is 11.6 Å². The normalized spacial score (nSPS) is 14.5. The molecule has 0 radical (unpaired) electrons. The summed E-state index contributed by atoms with van der Waals surface area (Å²) in [6, 6.07) is 10.1. The molecule has 1 saturated heterocycles. The Morgan fingerprint density at radius 1 is 1.16 bits per heavy atom. The monoisotopic (exact) mass is 536 g/mol. The first-order valence-electron chi connectivity index (χ1n) is 11.9. The van der Waals surface area contributed by atoms with Crippen LogP contribution in [0.1, 0.15) is 17.5 Å². The molecular formula is C26H28ClF3N4O3. The minimum absolute atomic E-state index is 0.116. The lowest BCUT2D eigenvalue weighted by molar-refractivity contribution is -0.137. The highest BCUT2D eigenvalue weighted by Gasteiger charge is 2.29. The summed E-state index contributed by atoms with van der Waals surface area (Å²) in [4.78, 5) is 14.9. The van der Waals surface area contributed by atoms with E-state index in [1.165, 1.54) is 12.1 Å². The topological polar surface area (TPSA) is 68.6 Å². The number of hydrogen-bond donors (Lipinski definition) is 1. The van der Waals surface area contributed by atoms with Gasteiger partial charge < -0.3 is 14.8 Å². The molecule has 1 aliphatic rings. The Morgan fingerprint density at radius 2 is 1.89 bits per heavy atom. The van der Waals surface area contributed by atoms with E-state index in [0.717, 1.165) is 31.8 Å². The molecule has 198 valence electrons. The van der Waals surface area contributed by atoms with Gasteiger partial charge >= 0.3 is 6.18 Å². The summed E-state index contributed by atoms with van der Waals surface area (Å²) in [7, 11) is 1.77. The van der Waals surface area contributed by atoms with E-state index in [0.29, 0.717) is 59.5 Å². The zero-order chi connectivity index (χ0) is 26.4. The van der Waals surface area contributed by atoms with Crippen LogP contribution in [-0.2, 0) is 29.2 Å². The predicted octanol–water partition coefficient (Wildman–Crippen LogP) is 5.04. The molecule has 0 spiro atoms. The number of aryl methyl sites for hydroxylation is 2. The molecule has 0 saturated carbocycles. The molecule has 1 aliphatic heterocycles. The van der Waals surface area contributed by atoms with Crippen LogP contribution in [0.15, 0.2) is 48.7 Å². The van der Waals surface area contributed by atoms with Crippen LogP contribution in [0.25, 0.3) is 11.3 Å². The maximum absolute atomic E-state index is 12.7. The number of carbonyl (C=O) groups excluding carboxylic acids is 1. The molecule has 2 heterocycles. The SMILES string of the molecule is Cn1ncc(Cl)c1-c1cc(NC(=O)CCc2ccc(C(F)(F)F)cc2)ccc1OCCN1CCOCC1. The van der Waals surface area contributed by atoms with Gasteiger partial charge in [0.15, 0.2) is 0 Å². The molecule has 1 amide bonds. The highest BCUT2D eigenvalue weighted by atomic mass is 35.5. The molecule has 0 unspecified atom stereocenters. The average molecular weight is 537 g/mol. The third-order valence-corrected chi connectivity index (χ3v) is 6.38. The fourth-order valence-corrected chi connectivity index (χ4v) is 4.35. The lowest BCUT2D eigenvalue weighted by Crippen LogP contribution is -2.38. The largest absolute Gasteiger partial charge is 0.492 e. The van der Waals surface area contributed by atoms with E-state index in [9.17, 15) is 18.0 Å². The standard InChI is InChI=1S/C26H28ClF3N4O3/c1-33-25(22(27)17-31-33)21-16-20(7-8-23(21)37-15-12-34-10-13-36-14-11-34)32-24(35)9-4-18-2-5-19(6-3-18)26(28,29)30/h2-3,5-8,16-17H,4,9-15H2,1H3,(H,32,35). The van der Waals surface area contributed by atoms with Crippen molar-refractivity contribution in [2.24, 2.45) is 7.05 Å². The van der Waals surface area contributed by atoms with Crippen molar-refractivity contribution < 1.29 is 27.4 Å². The van der Waals surface area contributed by atoms with Crippen molar-refractivity contribution in [3.8, 4) is 17.0 Å². The van der Waals surface area contributed by atoms with E-state index in [2.05, 4.69) is 15.3 Å². The van der Waals surface area contributed by atoms with Crippen molar-refractivity contribution in [3.05, 3.63) is 64.8 Å². The van der Waals surface area contributed by atoms with E-state index in [4.69, 9.17) is 21.1 Å². The second-order valence-corrected chi connectivity index (χ2v) is 9.13. The van der Waals surface area contributed by atoms with Gasteiger partial charge in [-0.2, -0.15) is 18.3 Å². The van der Waals surface area contributed by atoms with E-state index in [-0.39, 0.29) is 12.3 Å². The molecular weight excluding hydrogens is 509 g/mol. The molecule has 11 heteroatoms. The third-order valence-electron chi connectivity index (χ3n) is 6.10. The predicted molar refractivity (Wildman–Crippen MR) is 135 cm³/mol. The quantitative estimate of drug-likeness (QED) is 0.415. The Labute approximate surface area is 218 Å². The van der Waals surface area contributed by atoms with Gasteiger partial charge in [-0.25, -0.2) is 0 Å². The Hall–Kier alpha value is -3.08. The van der Waals surface area contributed by atoms with Crippen LogP contribution in [-0.4, -0.2) is 60.0 Å². The number of nitrogens with one attached hydrogen (secondary N) is 1. The number of aromatic nitrogens is 2. The first-order valence-corrected chi connectivity index (χ1v) is 12.3. The van der Waals surface area contributed by atoms with Crippen molar-refractivity contribution >= 4 is 23.2 Å². The summed E-state index contributed by atoms with van der Waals surface area (Å²) in [5.41, 5.74) is 1.82. The fourth-order valence-electron chi connectivity index (χ4n) is 4.08. The fraction of sp³-hybridized carbons (Fsp3) is 0.385. The number of amides is 1. The Balaban J connectivity index is 1.42. The van der Waals surface area contributed by atoms with Crippen LogP contribution in [0.4, 0.5) is 18.9 Å².